The number of carbonyl (C=O) groups is 1. The van der Waals surface area contributed by atoms with E-state index in [0.717, 1.165) is 5.56 Å². The Labute approximate surface area is 218 Å². The number of benzene rings is 3. The molecule has 36 heavy (non-hydrogen) atoms. The third-order valence-electron chi connectivity index (χ3n) is 5.13. The third kappa shape index (κ3) is 5.80. The summed E-state index contributed by atoms with van der Waals surface area (Å²) in [5.74, 6) is -0.373. The standard InChI is InChI=1S/C28H21ClN2O4S/c1-2-34-28(33)25-26(32)24(36-27(25)31-21-10-4-3-5-11-21)15-18-12-13-23(22(29)14-18)35-17-20-9-7-6-8-19(20)16-30/h3-15,32H,2,17H2,1H3/b24-15-,31-27?. The lowest BCUT2D eigenvalue weighted by molar-refractivity contribution is -0.138. The molecule has 0 bridgehead atoms. The van der Waals surface area contributed by atoms with Crippen molar-refractivity contribution >= 4 is 46.1 Å². The Hall–Kier alpha value is -3.99. The van der Waals surface area contributed by atoms with E-state index in [2.05, 4.69) is 11.1 Å². The lowest BCUT2D eigenvalue weighted by atomic mass is 10.1. The first-order chi connectivity index (χ1) is 17.5. The molecular formula is C28H21ClN2O4S. The molecule has 4 rings (SSSR count). The summed E-state index contributed by atoms with van der Waals surface area (Å²) >= 11 is 7.62. The molecule has 0 spiro atoms. The van der Waals surface area contributed by atoms with Crippen molar-refractivity contribution in [1.29, 1.82) is 5.26 Å². The second kappa shape index (κ2) is 11.6. The summed E-state index contributed by atoms with van der Waals surface area (Å²) in [6, 6.07) is 23.7. The molecular weight excluding hydrogens is 496 g/mol. The number of aliphatic hydroxyl groups excluding tert-OH is 1. The average molecular weight is 517 g/mol. The van der Waals surface area contributed by atoms with Crippen molar-refractivity contribution in [1.82, 2.24) is 0 Å². The molecule has 0 saturated carbocycles. The fourth-order valence-corrected chi connectivity index (χ4v) is 4.68. The molecule has 0 amide bonds. The van der Waals surface area contributed by atoms with Gasteiger partial charge in [-0.05, 0) is 48.9 Å². The summed E-state index contributed by atoms with van der Waals surface area (Å²) < 4.78 is 11.0. The molecule has 0 fully saturated rings. The van der Waals surface area contributed by atoms with E-state index >= 15 is 0 Å². The molecule has 0 saturated heterocycles. The zero-order chi connectivity index (χ0) is 25.5. The van der Waals surface area contributed by atoms with Crippen LogP contribution >= 0.6 is 23.4 Å². The summed E-state index contributed by atoms with van der Waals surface area (Å²) in [5.41, 5.74) is 2.68. The number of halogens is 1. The van der Waals surface area contributed by atoms with Gasteiger partial charge >= 0.3 is 5.97 Å². The Morgan fingerprint density at radius 2 is 1.89 bits per heavy atom. The van der Waals surface area contributed by atoms with Gasteiger partial charge in [0.2, 0.25) is 0 Å². The van der Waals surface area contributed by atoms with Crippen molar-refractivity contribution in [2.24, 2.45) is 4.99 Å². The number of carbonyl (C=O) groups excluding carboxylic acids is 1. The van der Waals surface area contributed by atoms with Crippen LogP contribution in [0.1, 0.15) is 23.6 Å². The normalized spacial score (nSPS) is 15.2. The van der Waals surface area contributed by atoms with E-state index in [0.29, 0.717) is 37.5 Å². The Balaban J connectivity index is 1.59. The number of nitrogens with zero attached hydrogens (tertiary/aromatic N) is 2. The van der Waals surface area contributed by atoms with E-state index in [1.165, 1.54) is 11.8 Å². The quantitative estimate of drug-likeness (QED) is 0.340. The minimum absolute atomic E-state index is 0.0270. The Kier molecular flexibility index (Phi) is 8.11. The highest BCUT2D eigenvalue weighted by atomic mass is 35.5. The number of thioether (sulfide) groups is 1. The van der Waals surface area contributed by atoms with Crippen LogP contribution in [0.2, 0.25) is 5.02 Å². The Morgan fingerprint density at radius 1 is 1.14 bits per heavy atom. The molecule has 1 aliphatic rings. The number of hydrogen-bond acceptors (Lipinski definition) is 7. The summed E-state index contributed by atoms with van der Waals surface area (Å²) in [4.78, 5) is 17.5. The van der Waals surface area contributed by atoms with Gasteiger partial charge in [0.25, 0.3) is 0 Å². The summed E-state index contributed by atoms with van der Waals surface area (Å²) in [6.45, 7) is 2.08. The van der Waals surface area contributed by atoms with Crippen LogP contribution in [0.4, 0.5) is 5.69 Å². The fourth-order valence-electron chi connectivity index (χ4n) is 3.40. The first kappa shape index (κ1) is 25.1. The van der Waals surface area contributed by atoms with E-state index < -0.39 is 5.97 Å². The first-order valence-electron chi connectivity index (χ1n) is 11.0. The van der Waals surface area contributed by atoms with E-state index in [9.17, 15) is 15.2 Å². The van der Waals surface area contributed by atoms with Crippen LogP contribution in [0, 0.1) is 11.3 Å². The van der Waals surface area contributed by atoms with Gasteiger partial charge in [0, 0.05) is 5.56 Å². The van der Waals surface area contributed by atoms with E-state index in [1.54, 1.807) is 43.3 Å². The molecule has 1 aliphatic heterocycles. The fraction of sp³-hybridized carbons (Fsp3) is 0.107. The highest BCUT2D eigenvalue weighted by molar-refractivity contribution is 8.18. The van der Waals surface area contributed by atoms with Crippen molar-refractivity contribution < 1.29 is 19.4 Å². The minimum atomic E-state index is -0.639. The molecule has 0 aliphatic carbocycles. The SMILES string of the molecule is CCOC(=O)C1=C(O)/C(=C/c2ccc(OCc3ccccc3C#N)c(Cl)c2)SC1=Nc1ccccc1. The highest BCUT2D eigenvalue weighted by Crippen LogP contribution is 2.40. The summed E-state index contributed by atoms with van der Waals surface area (Å²) in [6.07, 6.45) is 1.72. The van der Waals surface area contributed by atoms with Crippen molar-refractivity contribution in [2.75, 3.05) is 6.61 Å². The van der Waals surface area contributed by atoms with Crippen LogP contribution < -0.4 is 4.74 Å². The Morgan fingerprint density at radius 3 is 2.61 bits per heavy atom. The number of aliphatic hydroxyl groups is 1. The van der Waals surface area contributed by atoms with Crippen molar-refractivity contribution in [2.45, 2.75) is 13.5 Å². The predicted molar refractivity (Wildman–Crippen MR) is 142 cm³/mol. The summed E-state index contributed by atoms with van der Waals surface area (Å²) in [5, 5.41) is 20.8. The second-order valence-electron chi connectivity index (χ2n) is 7.55. The molecule has 0 atom stereocenters. The number of rotatable bonds is 7. The van der Waals surface area contributed by atoms with Gasteiger partial charge in [-0.15, -0.1) is 0 Å². The maximum Gasteiger partial charge on any atom is 0.344 e. The largest absolute Gasteiger partial charge is 0.506 e. The number of para-hydroxylation sites is 1. The van der Waals surface area contributed by atoms with Crippen LogP contribution in [0.3, 0.4) is 0 Å². The van der Waals surface area contributed by atoms with Gasteiger partial charge in [-0.25, -0.2) is 9.79 Å². The molecule has 3 aromatic carbocycles. The van der Waals surface area contributed by atoms with Gasteiger partial charge in [0.05, 0.1) is 33.9 Å². The lowest BCUT2D eigenvalue weighted by Crippen LogP contribution is -2.12. The topological polar surface area (TPSA) is 91.9 Å². The molecule has 8 heteroatoms. The van der Waals surface area contributed by atoms with Gasteiger partial charge < -0.3 is 14.6 Å². The second-order valence-corrected chi connectivity index (χ2v) is 8.99. The average Bonchev–Trinajstić information content (AvgIpc) is 3.18. The molecule has 3 aromatic rings. The molecule has 6 nitrogen and oxygen atoms in total. The smallest absolute Gasteiger partial charge is 0.344 e. The van der Waals surface area contributed by atoms with Crippen LogP contribution in [0.25, 0.3) is 6.08 Å². The van der Waals surface area contributed by atoms with Gasteiger partial charge in [0.1, 0.15) is 28.7 Å². The van der Waals surface area contributed by atoms with Crippen LogP contribution in [-0.2, 0) is 16.1 Å². The van der Waals surface area contributed by atoms with Gasteiger partial charge in [-0.3, -0.25) is 0 Å². The zero-order valence-corrected chi connectivity index (χ0v) is 20.8. The molecule has 1 N–H and O–H groups in total. The number of nitriles is 1. The summed E-state index contributed by atoms with van der Waals surface area (Å²) in [7, 11) is 0. The highest BCUT2D eigenvalue weighted by Gasteiger charge is 2.33. The maximum atomic E-state index is 12.6. The van der Waals surface area contributed by atoms with Crippen molar-refractivity contribution in [3.63, 3.8) is 0 Å². The van der Waals surface area contributed by atoms with E-state index in [4.69, 9.17) is 21.1 Å². The minimum Gasteiger partial charge on any atom is -0.506 e. The maximum absolute atomic E-state index is 12.6. The predicted octanol–water partition coefficient (Wildman–Crippen LogP) is 6.98. The number of aliphatic imine (C=N–C) groups is 1. The molecule has 180 valence electrons. The zero-order valence-electron chi connectivity index (χ0n) is 19.3. The molecule has 0 unspecified atom stereocenters. The van der Waals surface area contributed by atoms with E-state index in [-0.39, 0.29) is 24.5 Å². The Bertz CT molecular complexity index is 1420. The van der Waals surface area contributed by atoms with Crippen LogP contribution in [-0.4, -0.2) is 22.7 Å². The first-order valence-corrected chi connectivity index (χ1v) is 12.2. The van der Waals surface area contributed by atoms with Crippen LogP contribution in [0.5, 0.6) is 5.75 Å². The lowest BCUT2D eigenvalue weighted by Gasteiger charge is -2.10. The molecule has 0 radical (unpaired) electrons. The van der Waals surface area contributed by atoms with E-state index in [1.807, 2.05) is 42.5 Å². The monoisotopic (exact) mass is 516 g/mol. The van der Waals surface area contributed by atoms with Gasteiger partial charge in [0.15, 0.2) is 0 Å². The number of esters is 1. The van der Waals surface area contributed by atoms with Crippen LogP contribution in [0.15, 0.2) is 94.0 Å². The number of hydrogen-bond donors (Lipinski definition) is 1. The third-order valence-corrected chi connectivity index (χ3v) is 6.45. The van der Waals surface area contributed by atoms with Crippen molar-refractivity contribution in [3.05, 3.63) is 111 Å². The van der Waals surface area contributed by atoms with Crippen molar-refractivity contribution in [3.8, 4) is 11.8 Å². The molecule has 1 heterocycles. The van der Waals surface area contributed by atoms with Gasteiger partial charge in [-0.2, -0.15) is 5.26 Å². The molecule has 0 aromatic heterocycles. The number of ether oxygens (including phenoxy) is 2. The van der Waals surface area contributed by atoms with Gasteiger partial charge in [-0.1, -0.05) is 65.8 Å².